The first kappa shape index (κ1) is 14.6. The van der Waals surface area contributed by atoms with E-state index in [0.717, 1.165) is 0 Å². The molecule has 0 saturated heterocycles. The van der Waals surface area contributed by atoms with Crippen molar-refractivity contribution in [1.29, 1.82) is 0 Å². The van der Waals surface area contributed by atoms with Gasteiger partial charge in [0.15, 0.2) is 0 Å². The Bertz CT molecular complexity index is 673. The highest BCUT2D eigenvalue weighted by molar-refractivity contribution is 5.91. The van der Waals surface area contributed by atoms with Gasteiger partial charge in [-0.1, -0.05) is 0 Å². The molecule has 0 fully saturated rings. The van der Waals surface area contributed by atoms with Gasteiger partial charge in [0.25, 0.3) is 0 Å². The summed E-state index contributed by atoms with van der Waals surface area (Å²) in [5.41, 5.74) is 6.42. The maximum Gasteiger partial charge on any atom is 0.338 e. The predicted octanol–water partition coefficient (Wildman–Crippen LogP) is 0.957. The van der Waals surface area contributed by atoms with Gasteiger partial charge in [-0.2, -0.15) is 0 Å². The van der Waals surface area contributed by atoms with Crippen LogP contribution in [0.2, 0.25) is 0 Å². The number of pyridine rings is 2. The summed E-state index contributed by atoms with van der Waals surface area (Å²) in [6.45, 7) is 0.370. The number of carbonyl (C=O) groups is 2. The van der Waals surface area contributed by atoms with E-state index in [0.29, 0.717) is 17.0 Å². The molecule has 0 saturated carbocycles. The largest absolute Gasteiger partial charge is 0.478 e. The number of carboxylic acid groups (broad SMARTS) is 1. The fourth-order valence-corrected chi connectivity index (χ4v) is 1.64. The first-order valence-corrected chi connectivity index (χ1v) is 6.15. The molecule has 108 valence electrons. The molecule has 0 aliphatic heterocycles. The van der Waals surface area contributed by atoms with Gasteiger partial charge in [0.05, 0.1) is 22.5 Å². The van der Waals surface area contributed by atoms with Crippen LogP contribution in [0.15, 0.2) is 36.7 Å². The number of hydrogen-bond donors (Lipinski definition) is 2. The van der Waals surface area contributed by atoms with Crippen LogP contribution in [0.25, 0.3) is 11.4 Å². The number of aromatic carboxylic acids is 1. The Morgan fingerprint density at radius 3 is 2.24 bits per heavy atom. The monoisotopic (exact) mass is 287 g/mol. The Labute approximate surface area is 120 Å². The minimum absolute atomic E-state index is 0.0953. The van der Waals surface area contributed by atoms with E-state index in [1.165, 1.54) is 36.7 Å². The zero-order valence-electron chi connectivity index (χ0n) is 11.0. The molecule has 0 amide bonds. The molecule has 7 heteroatoms. The zero-order valence-corrected chi connectivity index (χ0v) is 11.0. The number of esters is 1. The summed E-state index contributed by atoms with van der Waals surface area (Å²) in [6.07, 6.45) is 2.81. The first-order valence-electron chi connectivity index (χ1n) is 6.15. The van der Waals surface area contributed by atoms with Crippen LogP contribution in [-0.4, -0.2) is 40.2 Å². The van der Waals surface area contributed by atoms with Crippen LogP contribution in [0.1, 0.15) is 20.7 Å². The molecule has 3 N–H and O–H groups in total. The van der Waals surface area contributed by atoms with Crippen LogP contribution >= 0.6 is 0 Å². The van der Waals surface area contributed by atoms with Crippen molar-refractivity contribution in [2.24, 2.45) is 5.73 Å². The second-order valence-corrected chi connectivity index (χ2v) is 4.09. The summed E-state index contributed by atoms with van der Waals surface area (Å²) in [6, 6.07) is 5.76. The molecule has 21 heavy (non-hydrogen) atoms. The highest BCUT2D eigenvalue weighted by atomic mass is 16.5. The van der Waals surface area contributed by atoms with E-state index in [4.69, 9.17) is 15.6 Å². The summed E-state index contributed by atoms with van der Waals surface area (Å²) in [5, 5.41) is 8.96. The minimum atomic E-state index is -1.06. The van der Waals surface area contributed by atoms with Crippen molar-refractivity contribution in [2.75, 3.05) is 13.2 Å². The lowest BCUT2D eigenvalue weighted by Gasteiger charge is -2.05. The average Bonchev–Trinajstić information content (AvgIpc) is 2.52. The van der Waals surface area contributed by atoms with Crippen molar-refractivity contribution in [2.45, 2.75) is 0 Å². The summed E-state index contributed by atoms with van der Waals surface area (Å²) in [5.74, 6) is -1.57. The van der Waals surface area contributed by atoms with Gasteiger partial charge in [-0.15, -0.1) is 0 Å². The van der Waals surface area contributed by atoms with Crippen LogP contribution in [0.4, 0.5) is 0 Å². The number of hydrogen-bond acceptors (Lipinski definition) is 6. The van der Waals surface area contributed by atoms with Crippen LogP contribution < -0.4 is 5.73 Å². The molecule has 0 spiro atoms. The molecule has 0 atom stereocenters. The number of ether oxygens (including phenoxy) is 1. The summed E-state index contributed by atoms with van der Waals surface area (Å²) in [4.78, 5) is 30.8. The Morgan fingerprint density at radius 2 is 1.67 bits per heavy atom. The van der Waals surface area contributed by atoms with Gasteiger partial charge in [0, 0.05) is 18.9 Å². The van der Waals surface area contributed by atoms with Gasteiger partial charge < -0.3 is 15.6 Å². The lowest BCUT2D eigenvalue weighted by Crippen LogP contribution is -2.13. The molecule has 7 nitrogen and oxygen atoms in total. The lowest BCUT2D eigenvalue weighted by molar-refractivity contribution is 0.0516. The van der Waals surface area contributed by atoms with Crippen molar-refractivity contribution in [3.8, 4) is 11.4 Å². The summed E-state index contributed by atoms with van der Waals surface area (Å²) in [7, 11) is 0. The van der Waals surface area contributed by atoms with Gasteiger partial charge in [-0.05, 0) is 24.3 Å². The number of carbonyl (C=O) groups excluding carboxylic acids is 1. The third-order valence-electron chi connectivity index (χ3n) is 2.62. The van der Waals surface area contributed by atoms with Gasteiger partial charge >= 0.3 is 11.9 Å². The SMILES string of the molecule is NCCOC(=O)c1ccnc(-c2cc(C(=O)O)ccn2)c1. The molecule has 2 heterocycles. The van der Waals surface area contributed by atoms with E-state index in [9.17, 15) is 9.59 Å². The second kappa shape index (κ2) is 6.58. The Kier molecular flexibility index (Phi) is 4.57. The number of nitrogens with zero attached hydrogens (tertiary/aromatic N) is 2. The third kappa shape index (κ3) is 3.61. The smallest absolute Gasteiger partial charge is 0.338 e. The number of nitrogens with two attached hydrogens (primary N) is 1. The molecule has 2 rings (SSSR count). The van der Waals surface area contributed by atoms with Gasteiger partial charge in [-0.25, -0.2) is 9.59 Å². The average molecular weight is 287 g/mol. The van der Waals surface area contributed by atoms with Crippen molar-refractivity contribution in [3.05, 3.63) is 47.8 Å². The van der Waals surface area contributed by atoms with Crippen molar-refractivity contribution in [3.63, 3.8) is 0 Å². The molecule has 0 unspecified atom stereocenters. The summed E-state index contributed by atoms with van der Waals surface area (Å²) < 4.78 is 4.92. The highest BCUT2D eigenvalue weighted by Gasteiger charge is 2.11. The standard InChI is InChI=1S/C14H13N3O4/c15-3-6-21-14(20)10-2-5-17-12(8-10)11-7-9(13(18)19)1-4-16-11/h1-2,4-5,7-8H,3,6,15H2,(H,18,19). The molecule has 0 aliphatic rings. The van der Waals surface area contributed by atoms with Gasteiger partial charge in [0.2, 0.25) is 0 Å². The first-order chi connectivity index (χ1) is 10.1. The van der Waals surface area contributed by atoms with Crippen LogP contribution in [0.5, 0.6) is 0 Å². The molecule has 0 bridgehead atoms. The topological polar surface area (TPSA) is 115 Å². The third-order valence-corrected chi connectivity index (χ3v) is 2.62. The van der Waals surface area contributed by atoms with Crippen molar-refractivity contribution < 1.29 is 19.4 Å². The van der Waals surface area contributed by atoms with Crippen LogP contribution in [-0.2, 0) is 4.74 Å². The van der Waals surface area contributed by atoms with Crippen molar-refractivity contribution >= 4 is 11.9 Å². The highest BCUT2D eigenvalue weighted by Crippen LogP contribution is 2.17. The molecule has 0 aliphatic carbocycles. The van der Waals surface area contributed by atoms with Crippen molar-refractivity contribution in [1.82, 2.24) is 9.97 Å². The lowest BCUT2D eigenvalue weighted by atomic mass is 10.1. The normalized spacial score (nSPS) is 10.1. The van der Waals surface area contributed by atoms with E-state index >= 15 is 0 Å². The molecular weight excluding hydrogens is 274 g/mol. The molecular formula is C14H13N3O4. The number of rotatable bonds is 5. The summed E-state index contributed by atoms with van der Waals surface area (Å²) >= 11 is 0. The van der Waals surface area contributed by atoms with E-state index in [2.05, 4.69) is 9.97 Å². The second-order valence-electron chi connectivity index (χ2n) is 4.09. The Balaban J connectivity index is 2.30. The van der Waals surface area contributed by atoms with Crippen LogP contribution in [0, 0.1) is 0 Å². The number of carboxylic acids is 1. The minimum Gasteiger partial charge on any atom is -0.478 e. The van der Waals surface area contributed by atoms with Crippen LogP contribution in [0.3, 0.4) is 0 Å². The van der Waals surface area contributed by atoms with E-state index in [1.54, 1.807) is 0 Å². The Hall–Kier alpha value is -2.80. The van der Waals surface area contributed by atoms with Gasteiger partial charge in [-0.3, -0.25) is 9.97 Å². The molecule has 2 aromatic rings. The Morgan fingerprint density at radius 1 is 1.10 bits per heavy atom. The molecule has 0 radical (unpaired) electrons. The maximum atomic E-state index is 11.7. The zero-order chi connectivity index (χ0) is 15.2. The quantitative estimate of drug-likeness (QED) is 0.787. The maximum absolute atomic E-state index is 11.7. The molecule has 2 aromatic heterocycles. The van der Waals surface area contributed by atoms with E-state index in [1.807, 2.05) is 0 Å². The van der Waals surface area contributed by atoms with E-state index < -0.39 is 11.9 Å². The van der Waals surface area contributed by atoms with E-state index in [-0.39, 0.29) is 18.7 Å². The fraction of sp³-hybridized carbons (Fsp3) is 0.143. The van der Waals surface area contributed by atoms with Gasteiger partial charge in [0.1, 0.15) is 6.61 Å². The fourth-order valence-electron chi connectivity index (χ4n) is 1.64. The number of aromatic nitrogens is 2. The molecule has 0 aromatic carbocycles. The predicted molar refractivity (Wildman–Crippen MR) is 73.8 cm³/mol.